The Balaban J connectivity index is 1.44. The molecule has 188 valence electrons. The number of primary amides is 1. The Hall–Kier alpha value is -3.16. The van der Waals surface area contributed by atoms with E-state index in [4.69, 9.17) is 16.2 Å². The molecule has 3 aromatic rings. The number of alkyl halides is 3. The first-order valence-corrected chi connectivity index (χ1v) is 11.7. The first-order chi connectivity index (χ1) is 16.6. The number of ether oxygens (including phenoxy) is 1. The minimum Gasteiger partial charge on any atom is -0.481 e. The van der Waals surface area contributed by atoms with Crippen LogP contribution in [0.4, 0.5) is 24.7 Å². The zero-order chi connectivity index (χ0) is 25.3. The third kappa shape index (κ3) is 5.26. The smallest absolute Gasteiger partial charge is 0.417 e. The van der Waals surface area contributed by atoms with Gasteiger partial charge < -0.3 is 31.5 Å². The van der Waals surface area contributed by atoms with E-state index in [9.17, 15) is 23.1 Å². The number of nitrogens with one attached hydrogen (secondary N) is 1. The number of fused-ring (bicyclic) bond motifs is 1. The molecule has 1 amide bonds. The molecule has 6 N–H and O–H groups in total. The topological polar surface area (TPSA) is 140 Å². The fourth-order valence-electron chi connectivity index (χ4n) is 4.10. The lowest BCUT2D eigenvalue weighted by Gasteiger charge is -2.34. The van der Waals surface area contributed by atoms with Crippen LogP contribution >= 0.6 is 11.3 Å². The Kier molecular flexibility index (Phi) is 7.01. The van der Waals surface area contributed by atoms with Crippen molar-refractivity contribution >= 4 is 39.0 Å². The Morgan fingerprint density at radius 2 is 2.09 bits per heavy atom. The third-order valence-electron chi connectivity index (χ3n) is 5.99. The number of amides is 1. The number of nitrogens with two attached hydrogens (primary N) is 2. The second-order valence-corrected chi connectivity index (χ2v) is 9.23. The molecule has 0 aromatic carbocycles. The minimum atomic E-state index is -4.67. The number of anilines is 2. The molecule has 9 nitrogen and oxygen atoms in total. The maximum atomic E-state index is 13.8. The maximum absolute atomic E-state index is 13.8. The molecule has 0 aliphatic carbocycles. The predicted octanol–water partition coefficient (Wildman–Crippen LogP) is 2.69. The molecule has 0 bridgehead atoms. The van der Waals surface area contributed by atoms with Crippen LogP contribution in [0.2, 0.25) is 0 Å². The fraction of sp³-hybridized carbons (Fsp3) is 0.409. The summed E-state index contributed by atoms with van der Waals surface area (Å²) < 4.78 is 46.5. The van der Waals surface area contributed by atoms with Gasteiger partial charge in [0.15, 0.2) is 0 Å². The van der Waals surface area contributed by atoms with Gasteiger partial charge in [0.25, 0.3) is 5.91 Å². The monoisotopic (exact) mass is 510 g/mol. The van der Waals surface area contributed by atoms with Crippen LogP contribution in [0.5, 0.6) is 5.88 Å². The fourth-order valence-corrected chi connectivity index (χ4v) is 5.06. The van der Waals surface area contributed by atoms with Gasteiger partial charge in [0.1, 0.15) is 15.5 Å². The Morgan fingerprint density at radius 1 is 1.37 bits per heavy atom. The van der Waals surface area contributed by atoms with E-state index in [2.05, 4.69) is 15.3 Å². The van der Waals surface area contributed by atoms with Gasteiger partial charge in [-0.2, -0.15) is 13.2 Å². The number of halogens is 3. The molecule has 1 unspecified atom stereocenters. The largest absolute Gasteiger partial charge is 0.481 e. The van der Waals surface area contributed by atoms with Gasteiger partial charge >= 0.3 is 6.18 Å². The number of nitrogens with zero attached hydrogens (tertiary/aromatic N) is 3. The van der Waals surface area contributed by atoms with Gasteiger partial charge in [-0.05, 0) is 25.0 Å². The zero-order valence-corrected chi connectivity index (χ0v) is 19.6. The molecule has 1 saturated heterocycles. The third-order valence-corrected chi connectivity index (χ3v) is 7.10. The van der Waals surface area contributed by atoms with E-state index < -0.39 is 23.8 Å². The van der Waals surface area contributed by atoms with Crippen LogP contribution in [0, 0.1) is 0 Å². The summed E-state index contributed by atoms with van der Waals surface area (Å²) in [5.41, 5.74) is 10.5. The molecule has 1 atom stereocenters. The summed E-state index contributed by atoms with van der Waals surface area (Å²) in [5, 5.41) is 13.4. The van der Waals surface area contributed by atoms with Crippen LogP contribution in [-0.4, -0.2) is 53.8 Å². The molecule has 35 heavy (non-hydrogen) atoms. The molecule has 0 saturated carbocycles. The normalized spacial score (nSPS) is 16.0. The highest BCUT2D eigenvalue weighted by Gasteiger charge is 2.37. The summed E-state index contributed by atoms with van der Waals surface area (Å²) in [6, 6.07) is 4.47. The van der Waals surface area contributed by atoms with Gasteiger partial charge in [0, 0.05) is 48.9 Å². The summed E-state index contributed by atoms with van der Waals surface area (Å²) in [7, 11) is 1.51. The van der Waals surface area contributed by atoms with Crippen LogP contribution in [0.1, 0.15) is 39.7 Å². The van der Waals surface area contributed by atoms with E-state index in [-0.39, 0.29) is 32.6 Å². The predicted molar refractivity (Wildman–Crippen MR) is 127 cm³/mol. The molecule has 4 heterocycles. The average molecular weight is 511 g/mol. The molecule has 1 aliphatic heterocycles. The van der Waals surface area contributed by atoms with Crippen molar-refractivity contribution in [3.63, 3.8) is 0 Å². The van der Waals surface area contributed by atoms with Crippen molar-refractivity contribution in [2.45, 2.75) is 31.2 Å². The number of aliphatic hydroxyl groups excluding tert-OH is 1. The number of carbonyl (C=O) groups excluding carboxylic acids is 1. The number of rotatable bonds is 7. The lowest BCUT2D eigenvalue weighted by atomic mass is 10.0. The average Bonchev–Trinajstić information content (AvgIpc) is 3.18. The van der Waals surface area contributed by atoms with Crippen molar-refractivity contribution in [3.05, 3.63) is 40.4 Å². The molecule has 4 rings (SSSR count). The highest BCUT2D eigenvalue weighted by Crippen LogP contribution is 2.43. The lowest BCUT2D eigenvalue weighted by Crippen LogP contribution is -2.44. The van der Waals surface area contributed by atoms with E-state index >= 15 is 0 Å². The highest BCUT2D eigenvalue weighted by atomic mass is 32.1. The van der Waals surface area contributed by atoms with Crippen LogP contribution in [0.3, 0.4) is 0 Å². The van der Waals surface area contributed by atoms with Gasteiger partial charge in [-0.15, -0.1) is 11.3 Å². The quantitative estimate of drug-likeness (QED) is 0.381. The van der Waals surface area contributed by atoms with Crippen molar-refractivity contribution < 1.29 is 27.8 Å². The molecule has 3 aromatic heterocycles. The Bertz CT molecular complexity index is 1210. The Morgan fingerprint density at radius 3 is 2.66 bits per heavy atom. The van der Waals surface area contributed by atoms with E-state index in [0.717, 1.165) is 17.4 Å². The second-order valence-electron chi connectivity index (χ2n) is 8.23. The van der Waals surface area contributed by atoms with Crippen LogP contribution in [0.15, 0.2) is 24.4 Å². The number of methoxy groups -OCH3 is 1. The van der Waals surface area contributed by atoms with Gasteiger partial charge in [0.05, 0.1) is 24.5 Å². The molecule has 0 spiro atoms. The second kappa shape index (κ2) is 9.84. The molecular formula is C22H25F3N6O3S. The number of piperidine rings is 1. The molecule has 13 heteroatoms. The summed E-state index contributed by atoms with van der Waals surface area (Å²) in [4.78, 5) is 21.7. The SMILES string of the molecule is COc1ccc(C(O)CNC2CCN(c3cc(C(F)(F)F)c4c(N)c(C(N)=O)sc4n3)CC2)cn1. The number of aromatic nitrogens is 2. The number of carbonyl (C=O) groups is 1. The molecule has 1 fully saturated rings. The number of hydrogen-bond acceptors (Lipinski definition) is 9. The van der Waals surface area contributed by atoms with Crippen molar-refractivity contribution in [2.75, 3.05) is 37.4 Å². The standard InChI is InChI=1S/C22H25F3N6O3S/c1-34-16-3-2-11(9-29-16)14(32)10-28-12-4-6-31(7-5-12)15-8-13(22(23,24)25)17-18(26)19(20(27)33)35-21(17)30-15/h2-3,8-9,12,14,28,32H,4-7,10,26H2,1H3,(H2,27,33). The summed E-state index contributed by atoms with van der Waals surface area (Å²) in [6.07, 6.45) is -2.59. The van der Waals surface area contributed by atoms with E-state index in [1.165, 1.54) is 7.11 Å². The van der Waals surface area contributed by atoms with Gasteiger partial charge in [-0.1, -0.05) is 0 Å². The van der Waals surface area contributed by atoms with E-state index in [1.807, 2.05) is 0 Å². The zero-order valence-electron chi connectivity index (χ0n) is 18.8. The minimum absolute atomic E-state index is 0.0256. The van der Waals surface area contributed by atoms with Crippen molar-refractivity contribution in [3.8, 4) is 5.88 Å². The van der Waals surface area contributed by atoms with E-state index in [1.54, 1.807) is 23.2 Å². The lowest BCUT2D eigenvalue weighted by molar-refractivity contribution is -0.136. The number of pyridine rings is 2. The van der Waals surface area contributed by atoms with Crippen LogP contribution < -0.4 is 26.4 Å². The van der Waals surface area contributed by atoms with Crippen molar-refractivity contribution in [2.24, 2.45) is 5.73 Å². The highest BCUT2D eigenvalue weighted by molar-refractivity contribution is 7.21. The van der Waals surface area contributed by atoms with Crippen LogP contribution in [-0.2, 0) is 6.18 Å². The number of nitrogen functional groups attached to an aromatic ring is 1. The number of thiophene rings is 1. The summed E-state index contributed by atoms with van der Waals surface area (Å²) >= 11 is 0.762. The molecular weight excluding hydrogens is 485 g/mol. The van der Waals surface area contributed by atoms with Crippen molar-refractivity contribution in [1.82, 2.24) is 15.3 Å². The molecule has 0 radical (unpaired) electrons. The van der Waals surface area contributed by atoms with Crippen molar-refractivity contribution in [1.29, 1.82) is 0 Å². The summed E-state index contributed by atoms with van der Waals surface area (Å²) in [5.74, 6) is -0.262. The maximum Gasteiger partial charge on any atom is 0.417 e. The summed E-state index contributed by atoms with van der Waals surface area (Å²) in [6.45, 7) is 1.25. The van der Waals surface area contributed by atoms with Gasteiger partial charge in [0.2, 0.25) is 5.88 Å². The number of hydrogen-bond donors (Lipinski definition) is 4. The Labute approximate surface area is 202 Å². The van der Waals surface area contributed by atoms with Gasteiger partial charge in [-0.3, -0.25) is 4.79 Å². The first kappa shape index (κ1) is 24.9. The van der Waals surface area contributed by atoms with Gasteiger partial charge in [-0.25, -0.2) is 9.97 Å². The number of aliphatic hydroxyl groups is 1. The first-order valence-electron chi connectivity index (χ1n) is 10.8. The van der Waals surface area contributed by atoms with E-state index in [0.29, 0.717) is 43.9 Å². The molecule has 1 aliphatic rings. The van der Waals surface area contributed by atoms with Crippen LogP contribution in [0.25, 0.3) is 10.2 Å².